The van der Waals surface area contributed by atoms with E-state index in [1.54, 1.807) is 16.2 Å². The maximum atomic E-state index is 12.8. The van der Waals surface area contributed by atoms with Crippen molar-refractivity contribution in [2.24, 2.45) is 5.92 Å². The van der Waals surface area contributed by atoms with E-state index in [2.05, 4.69) is 22.8 Å². The minimum absolute atomic E-state index is 0.0332. The number of likely N-dealkylation sites (N-methyl/N-ethyl adjacent to an activating group) is 1. The summed E-state index contributed by atoms with van der Waals surface area (Å²) >= 11 is 2.91. The van der Waals surface area contributed by atoms with Crippen molar-refractivity contribution in [2.45, 2.75) is 32.7 Å². The zero-order valence-electron chi connectivity index (χ0n) is 25.5. The van der Waals surface area contributed by atoms with Crippen LogP contribution >= 0.6 is 22.7 Å². The fourth-order valence-electron chi connectivity index (χ4n) is 5.71. The predicted molar refractivity (Wildman–Crippen MR) is 171 cm³/mol. The van der Waals surface area contributed by atoms with E-state index in [9.17, 15) is 14.9 Å². The molecule has 0 saturated carbocycles. The molecule has 0 aliphatic carbocycles. The number of nitrogens with zero attached hydrogens (tertiary/aromatic N) is 9. The van der Waals surface area contributed by atoms with Gasteiger partial charge in [-0.2, -0.15) is 9.78 Å². The van der Waals surface area contributed by atoms with Crippen molar-refractivity contribution in [1.82, 2.24) is 29.4 Å². The largest absolute Gasteiger partial charge is 0.469 e. The molecule has 2 aliphatic rings. The summed E-state index contributed by atoms with van der Waals surface area (Å²) in [6, 6.07) is 10.6. The van der Waals surface area contributed by atoms with Gasteiger partial charge in [-0.25, -0.2) is 9.97 Å². The minimum atomic E-state index is -0.255. The Bertz CT molecular complexity index is 1730. The van der Waals surface area contributed by atoms with Gasteiger partial charge in [-0.3, -0.25) is 14.5 Å². The van der Waals surface area contributed by atoms with Crippen LogP contribution in [0.25, 0.3) is 16.2 Å². The summed E-state index contributed by atoms with van der Waals surface area (Å²) in [4.78, 5) is 43.6. The van der Waals surface area contributed by atoms with Crippen molar-refractivity contribution in [3.8, 4) is 17.3 Å². The summed E-state index contributed by atoms with van der Waals surface area (Å²) < 4.78 is 6.67. The maximum Gasteiger partial charge on any atom is 0.312 e. The number of nitriles is 1. The smallest absolute Gasteiger partial charge is 0.312 e. The van der Waals surface area contributed by atoms with Gasteiger partial charge < -0.3 is 19.4 Å². The van der Waals surface area contributed by atoms with Gasteiger partial charge in [-0.05, 0) is 26.8 Å². The SMILES string of the molecule is CCc1nc2sc(N3CC[C@H](N(C)CC(=O)N4CC(C(=O)OC)C4)C3)nn2c1N(C)c1nc(-c2ccc(C)cc2)c(C#N)s1. The van der Waals surface area contributed by atoms with Crippen LogP contribution in [-0.4, -0.2) is 101 Å². The van der Waals surface area contributed by atoms with Crippen molar-refractivity contribution >= 4 is 55.6 Å². The van der Waals surface area contributed by atoms with Gasteiger partial charge in [-0.15, -0.1) is 5.10 Å². The van der Waals surface area contributed by atoms with Crippen LogP contribution in [0.15, 0.2) is 24.3 Å². The van der Waals surface area contributed by atoms with E-state index < -0.39 is 0 Å². The molecular formula is C30H35N9O3S2. The Morgan fingerprint density at radius 1 is 1.14 bits per heavy atom. The maximum absolute atomic E-state index is 12.8. The normalized spacial score (nSPS) is 16.9. The number of carbonyl (C=O) groups is 2. The number of likely N-dealkylation sites (tertiary alicyclic amines) is 1. The number of hydrogen-bond donors (Lipinski definition) is 0. The Hall–Kier alpha value is -4.06. The molecule has 1 aromatic carbocycles. The predicted octanol–water partition coefficient (Wildman–Crippen LogP) is 3.57. The number of hydrogen-bond acceptors (Lipinski definition) is 12. The first-order chi connectivity index (χ1) is 21.2. The molecular weight excluding hydrogens is 599 g/mol. The molecule has 0 radical (unpaired) electrons. The van der Waals surface area contributed by atoms with Gasteiger partial charge in [0.15, 0.2) is 10.9 Å². The van der Waals surface area contributed by atoms with Crippen molar-refractivity contribution < 1.29 is 14.3 Å². The number of aryl methyl sites for hydroxylation is 2. The molecule has 14 heteroatoms. The molecule has 1 amide bonds. The number of ether oxygens (including phenoxy) is 1. The van der Waals surface area contributed by atoms with E-state index in [4.69, 9.17) is 19.8 Å². The lowest BCUT2D eigenvalue weighted by molar-refractivity contribution is -0.156. The topological polar surface area (TPSA) is 123 Å². The second kappa shape index (κ2) is 12.1. The lowest BCUT2D eigenvalue weighted by atomic mass is 10.0. The standard InChI is InChI=1S/C30H35N9O3S2/c1-6-22-26(36(4)28-33-25(23(13-31)43-28)19-9-7-18(2)8-10-19)39-29(32-22)44-30(34-39)37-12-11-21(16-37)35(3)17-24(40)38-14-20(15-38)27(41)42-5/h7-10,20-21H,6,11-12,14-17H2,1-5H3/t21-/m0/s1. The van der Waals surface area contributed by atoms with E-state index in [1.165, 1.54) is 18.4 Å². The average Bonchev–Trinajstić information content (AvgIpc) is 3.78. The summed E-state index contributed by atoms with van der Waals surface area (Å²) in [5.41, 5.74) is 3.67. The Morgan fingerprint density at radius 2 is 1.89 bits per heavy atom. The summed E-state index contributed by atoms with van der Waals surface area (Å²) in [5.74, 6) is 0.411. The fraction of sp³-hybridized carbons (Fsp3) is 0.467. The third kappa shape index (κ3) is 5.51. The van der Waals surface area contributed by atoms with Crippen molar-refractivity contribution in [3.05, 3.63) is 40.4 Å². The lowest BCUT2D eigenvalue weighted by Gasteiger charge is -2.38. The number of thiazole rings is 1. The van der Waals surface area contributed by atoms with Crippen LogP contribution in [0.3, 0.4) is 0 Å². The molecule has 0 N–H and O–H groups in total. The van der Waals surface area contributed by atoms with Crippen LogP contribution in [0.4, 0.5) is 16.1 Å². The van der Waals surface area contributed by atoms with Crippen molar-refractivity contribution in [3.63, 3.8) is 0 Å². The third-order valence-corrected chi connectivity index (χ3v) is 10.4. The van der Waals surface area contributed by atoms with E-state index >= 15 is 0 Å². The highest BCUT2D eigenvalue weighted by Gasteiger charge is 2.38. The van der Waals surface area contributed by atoms with E-state index in [0.717, 1.165) is 58.7 Å². The summed E-state index contributed by atoms with van der Waals surface area (Å²) in [7, 11) is 5.31. The Kier molecular flexibility index (Phi) is 8.28. The zero-order chi connectivity index (χ0) is 31.1. The molecule has 44 heavy (non-hydrogen) atoms. The van der Waals surface area contributed by atoms with Gasteiger partial charge >= 0.3 is 5.97 Å². The van der Waals surface area contributed by atoms with Crippen LogP contribution in [0, 0.1) is 24.2 Å². The number of aromatic nitrogens is 4. The van der Waals surface area contributed by atoms with Gasteiger partial charge in [0.1, 0.15) is 16.6 Å². The van der Waals surface area contributed by atoms with Crippen LogP contribution in [-0.2, 0) is 20.7 Å². The average molecular weight is 634 g/mol. The van der Waals surface area contributed by atoms with Crippen LogP contribution in [0.2, 0.25) is 0 Å². The highest BCUT2D eigenvalue weighted by atomic mass is 32.1. The van der Waals surface area contributed by atoms with Gasteiger partial charge in [0.2, 0.25) is 16.0 Å². The second-order valence-corrected chi connectivity index (χ2v) is 13.3. The number of amides is 1. The molecule has 5 heterocycles. The molecule has 0 unspecified atom stereocenters. The first kappa shape index (κ1) is 30.0. The number of methoxy groups -OCH3 is 1. The van der Waals surface area contributed by atoms with E-state index in [-0.39, 0.29) is 23.8 Å². The molecule has 230 valence electrons. The van der Waals surface area contributed by atoms with Gasteiger partial charge in [-0.1, -0.05) is 59.4 Å². The minimum Gasteiger partial charge on any atom is -0.469 e. The molecule has 2 fully saturated rings. The first-order valence-electron chi connectivity index (χ1n) is 14.6. The number of carbonyl (C=O) groups excluding carboxylic acids is 2. The molecule has 2 saturated heterocycles. The van der Waals surface area contributed by atoms with Crippen molar-refractivity contribution in [2.75, 3.05) is 63.7 Å². The molecule has 6 rings (SSSR count). The van der Waals surface area contributed by atoms with Gasteiger partial charge in [0.05, 0.1) is 25.3 Å². The quantitative estimate of drug-likeness (QED) is 0.253. The van der Waals surface area contributed by atoms with Crippen LogP contribution < -0.4 is 9.80 Å². The number of imidazole rings is 1. The summed E-state index contributed by atoms with van der Waals surface area (Å²) in [6.07, 6.45) is 1.65. The number of esters is 1. The molecule has 3 aromatic heterocycles. The second-order valence-electron chi connectivity index (χ2n) is 11.3. The van der Waals surface area contributed by atoms with E-state index in [1.807, 2.05) is 54.7 Å². The summed E-state index contributed by atoms with van der Waals surface area (Å²) in [5, 5.41) is 16.5. The highest BCUT2D eigenvalue weighted by Crippen LogP contribution is 2.38. The van der Waals surface area contributed by atoms with Gasteiger partial charge in [0, 0.05) is 44.8 Å². The van der Waals surface area contributed by atoms with Gasteiger partial charge in [0.25, 0.3) is 0 Å². The zero-order valence-corrected chi connectivity index (χ0v) is 27.1. The first-order valence-corrected chi connectivity index (χ1v) is 16.2. The molecule has 0 spiro atoms. The van der Waals surface area contributed by atoms with Crippen LogP contribution in [0.5, 0.6) is 0 Å². The fourth-order valence-corrected chi connectivity index (χ4v) is 7.51. The number of anilines is 3. The monoisotopic (exact) mass is 633 g/mol. The summed E-state index contributed by atoms with van der Waals surface area (Å²) in [6.45, 7) is 6.87. The molecule has 2 aliphatic heterocycles. The Balaban J connectivity index is 1.17. The number of benzene rings is 1. The van der Waals surface area contributed by atoms with E-state index in [0.29, 0.717) is 35.3 Å². The Labute approximate surface area is 264 Å². The number of fused-ring (bicyclic) bond motifs is 1. The highest BCUT2D eigenvalue weighted by molar-refractivity contribution is 7.20. The molecule has 0 bridgehead atoms. The third-order valence-electron chi connectivity index (χ3n) is 8.43. The molecule has 1 atom stereocenters. The molecule has 12 nitrogen and oxygen atoms in total. The number of rotatable bonds is 9. The lowest BCUT2D eigenvalue weighted by Crippen LogP contribution is -2.56. The molecule has 4 aromatic rings. The Morgan fingerprint density at radius 3 is 2.57 bits per heavy atom. The van der Waals surface area contributed by atoms with Crippen molar-refractivity contribution in [1.29, 1.82) is 5.26 Å². The van der Waals surface area contributed by atoms with Crippen LogP contribution in [0.1, 0.15) is 29.5 Å².